The summed E-state index contributed by atoms with van der Waals surface area (Å²) < 4.78 is 11.4. The third kappa shape index (κ3) is 4.85. The van der Waals surface area contributed by atoms with Gasteiger partial charge in [-0.25, -0.2) is 0 Å². The highest BCUT2D eigenvalue weighted by Gasteiger charge is 2.20. The normalized spacial score (nSPS) is 25.1. The van der Waals surface area contributed by atoms with Crippen LogP contribution in [0.5, 0.6) is 5.75 Å². The van der Waals surface area contributed by atoms with Crippen molar-refractivity contribution in [2.45, 2.75) is 38.0 Å². The quantitative estimate of drug-likeness (QED) is 0.870. The molecule has 0 amide bonds. The minimum atomic E-state index is 0. The molecule has 2 unspecified atom stereocenters. The van der Waals surface area contributed by atoms with Crippen molar-refractivity contribution in [1.29, 1.82) is 0 Å². The van der Waals surface area contributed by atoms with Crippen molar-refractivity contribution in [2.24, 2.45) is 0 Å². The lowest BCUT2D eigenvalue weighted by Crippen LogP contribution is -2.29. The standard InChI is InChI=1S/C17H26N2O2.ClH/c1-18-15-8-9-19(12-15)11-14-4-6-16(7-5-14)21-13-17-3-2-10-20-17;/h4-7,15,17-18H,2-3,8-13H2,1H3;1H. The Morgan fingerprint density at radius 2 is 2.09 bits per heavy atom. The van der Waals surface area contributed by atoms with Crippen molar-refractivity contribution in [3.63, 3.8) is 0 Å². The monoisotopic (exact) mass is 326 g/mol. The fourth-order valence-electron chi connectivity index (χ4n) is 3.13. The van der Waals surface area contributed by atoms with Crippen LogP contribution in [0.15, 0.2) is 24.3 Å². The second-order valence-electron chi connectivity index (χ2n) is 6.10. The average molecular weight is 327 g/mol. The molecular weight excluding hydrogens is 300 g/mol. The first kappa shape index (κ1) is 17.5. The first-order valence-corrected chi connectivity index (χ1v) is 8.06. The van der Waals surface area contributed by atoms with E-state index >= 15 is 0 Å². The number of nitrogens with one attached hydrogen (secondary N) is 1. The highest BCUT2D eigenvalue weighted by molar-refractivity contribution is 5.85. The summed E-state index contributed by atoms with van der Waals surface area (Å²) in [7, 11) is 2.05. The molecule has 2 aliphatic heterocycles. The molecule has 1 aromatic rings. The second kappa shape index (κ2) is 8.73. The van der Waals surface area contributed by atoms with E-state index in [-0.39, 0.29) is 18.5 Å². The van der Waals surface area contributed by atoms with Crippen molar-refractivity contribution in [2.75, 3.05) is 33.4 Å². The van der Waals surface area contributed by atoms with Gasteiger partial charge >= 0.3 is 0 Å². The first-order chi connectivity index (χ1) is 10.3. The van der Waals surface area contributed by atoms with Gasteiger partial charge < -0.3 is 14.8 Å². The van der Waals surface area contributed by atoms with E-state index in [1.54, 1.807) is 0 Å². The third-order valence-electron chi connectivity index (χ3n) is 4.47. The lowest BCUT2D eigenvalue weighted by molar-refractivity contribution is 0.0679. The molecule has 1 aromatic carbocycles. The molecule has 0 radical (unpaired) electrons. The maximum absolute atomic E-state index is 5.80. The third-order valence-corrected chi connectivity index (χ3v) is 4.47. The predicted octanol–water partition coefficient (Wildman–Crippen LogP) is 2.46. The van der Waals surface area contributed by atoms with Crippen LogP contribution in [-0.2, 0) is 11.3 Å². The Morgan fingerprint density at radius 1 is 1.27 bits per heavy atom. The Kier molecular flexibility index (Phi) is 6.96. The number of likely N-dealkylation sites (tertiary alicyclic amines) is 1. The van der Waals surface area contributed by atoms with Gasteiger partial charge in [-0.05, 0) is 44.0 Å². The van der Waals surface area contributed by atoms with Gasteiger partial charge in [-0.2, -0.15) is 0 Å². The highest BCUT2D eigenvalue weighted by Crippen LogP contribution is 2.18. The van der Waals surface area contributed by atoms with Gasteiger partial charge in [0.1, 0.15) is 12.4 Å². The van der Waals surface area contributed by atoms with Gasteiger partial charge in [0.25, 0.3) is 0 Å². The number of likely N-dealkylation sites (N-methyl/N-ethyl adjacent to an activating group) is 1. The van der Waals surface area contributed by atoms with Crippen molar-refractivity contribution < 1.29 is 9.47 Å². The fraction of sp³-hybridized carbons (Fsp3) is 0.647. The van der Waals surface area contributed by atoms with Gasteiger partial charge in [-0.1, -0.05) is 12.1 Å². The summed E-state index contributed by atoms with van der Waals surface area (Å²) in [6, 6.07) is 9.17. The summed E-state index contributed by atoms with van der Waals surface area (Å²) in [5.74, 6) is 0.948. The number of hydrogen-bond donors (Lipinski definition) is 1. The van der Waals surface area contributed by atoms with Crippen LogP contribution in [0.4, 0.5) is 0 Å². The zero-order valence-electron chi connectivity index (χ0n) is 13.3. The predicted molar refractivity (Wildman–Crippen MR) is 90.9 cm³/mol. The van der Waals surface area contributed by atoms with Crippen LogP contribution in [-0.4, -0.2) is 50.4 Å². The van der Waals surface area contributed by atoms with E-state index in [2.05, 4.69) is 34.5 Å². The summed E-state index contributed by atoms with van der Waals surface area (Å²) in [6.07, 6.45) is 3.82. The zero-order chi connectivity index (χ0) is 14.5. The molecular formula is C17H27ClN2O2. The number of ether oxygens (including phenoxy) is 2. The van der Waals surface area contributed by atoms with E-state index in [9.17, 15) is 0 Å². The van der Waals surface area contributed by atoms with Crippen LogP contribution in [0, 0.1) is 0 Å². The molecule has 2 aliphatic rings. The maximum atomic E-state index is 5.80. The molecule has 5 heteroatoms. The first-order valence-electron chi connectivity index (χ1n) is 8.06. The fourth-order valence-corrected chi connectivity index (χ4v) is 3.13. The van der Waals surface area contributed by atoms with Crippen LogP contribution >= 0.6 is 12.4 Å². The van der Waals surface area contributed by atoms with Gasteiger partial charge in [0, 0.05) is 32.3 Å². The molecule has 2 fully saturated rings. The number of hydrogen-bond acceptors (Lipinski definition) is 4. The summed E-state index contributed by atoms with van der Waals surface area (Å²) in [6.45, 7) is 4.92. The highest BCUT2D eigenvalue weighted by atomic mass is 35.5. The van der Waals surface area contributed by atoms with Gasteiger partial charge in [-0.3, -0.25) is 4.90 Å². The van der Waals surface area contributed by atoms with E-state index < -0.39 is 0 Å². The van der Waals surface area contributed by atoms with E-state index in [0.717, 1.165) is 38.3 Å². The van der Waals surface area contributed by atoms with Crippen LogP contribution in [0.25, 0.3) is 0 Å². The molecule has 0 aliphatic carbocycles. The Labute approximate surface area is 139 Å². The van der Waals surface area contributed by atoms with Crippen LogP contribution in [0.2, 0.25) is 0 Å². The van der Waals surface area contributed by atoms with Crippen molar-refractivity contribution in [1.82, 2.24) is 10.2 Å². The Hall–Kier alpha value is -0.810. The molecule has 4 nitrogen and oxygen atoms in total. The lowest BCUT2D eigenvalue weighted by Gasteiger charge is -2.16. The minimum Gasteiger partial charge on any atom is -0.491 e. The molecule has 124 valence electrons. The molecule has 2 atom stereocenters. The topological polar surface area (TPSA) is 33.7 Å². The molecule has 1 N–H and O–H groups in total. The number of nitrogens with zero attached hydrogens (tertiary/aromatic N) is 1. The van der Waals surface area contributed by atoms with Crippen molar-refractivity contribution in [3.8, 4) is 5.75 Å². The number of rotatable bonds is 6. The number of halogens is 1. The van der Waals surface area contributed by atoms with Gasteiger partial charge in [0.05, 0.1) is 6.10 Å². The Morgan fingerprint density at radius 3 is 2.73 bits per heavy atom. The van der Waals surface area contributed by atoms with Crippen LogP contribution in [0.3, 0.4) is 0 Å². The van der Waals surface area contributed by atoms with E-state index in [4.69, 9.17) is 9.47 Å². The maximum Gasteiger partial charge on any atom is 0.119 e. The van der Waals surface area contributed by atoms with E-state index in [1.165, 1.54) is 18.5 Å². The van der Waals surface area contributed by atoms with Crippen molar-refractivity contribution in [3.05, 3.63) is 29.8 Å². The SMILES string of the molecule is CNC1CCN(Cc2ccc(OCC3CCCO3)cc2)C1.Cl. The summed E-state index contributed by atoms with van der Waals surface area (Å²) in [5, 5.41) is 3.36. The molecule has 3 rings (SSSR count). The molecule has 2 heterocycles. The van der Waals surface area contributed by atoms with Gasteiger partial charge in [0.2, 0.25) is 0 Å². The van der Waals surface area contributed by atoms with Gasteiger partial charge in [-0.15, -0.1) is 12.4 Å². The second-order valence-corrected chi connectivity index (χ2v) is 6.10. The minimum absolute atomic E-state index is 0. The van der Waals surface area contributed by atoms with Gasteiger partial charge in [0.15, 0.2) is 0 Å². The summed E-state index contributed by atoms with van der Waals surface area (Å²) in [4.78, 5) is 2.50. The molecule has 22 heavy (non-hydrogen) atoms. The Bertz CT molecular complexity index is 435. The summed E-state index contributed by atoms with van der Waals surface area (Å²) >= 11 is 0. The molecule has 0 spiro atoms. The van der Waals surface area contributed by atoms with Crippen LogP contribution < -0.4 is 10.1 Å². The van der Waals surface area contributed by atoms with Crippen LogP contribution in [0.1, 0.15) is 24.8 Å². The van der Waals surface area contributed by atoms with Crippen molar-refractivity contribution >= 4 is 12.4 Å². The number of benzene rings is 1. The molecule has 0 aromatic heterocycles. The largest absolute Gasteiger partial charge is 0.491 e. The van der Waals surface area contributed by atoms with E-state index in [1.807, 2.05) is 7.05 Å². The molecule has 0 bridgehead atoms. The Balaban J connectivity index is 0.00000176. The molecule has 2 saturated heterocycles. The average Bonchev–Trinajstić information content (AvgIpc) is 3.18. The lowest BCUT2D eigenvalue weighted by atomic mass is 10.2. The van der Waals surface area contributed by atoms with E-state index in [0.29, 0.717) is 12.6 Å². The smallest absolute Gasteiger partial charge is 0.119 e. The summed E-state index contributed by atoms with van der Waals surface area (Å²) in [5.41, 5.74) is 1.36. The zero-order valence-corrected chi connectivity index (χ0v) is 14.1. The molecule has 0 saturated carbocycles.